The Balaban J connectivity index is 1.67. The molecular formula is C15H19N3OS. The molecule has 2 aliphatic rings. The van der Waals surface area contributed by atoms with Crippen LogP contribution in [-0.4, -0.2) is 22.1 Å². The van der Waals surface area contributed by atoms with E-state index in [1.54, 1.807) is 4.90 Å². The van der Waals surface area contributed by atoms with E-state index in [0.29, 0.717) is 17.7 Å². The van der Waals surface area contributed by atoms with Crippen molar-refractivity contribution in [3.63, 3.8) is 0 Å². The highest BCUT2D eigenvalue weighted by Gasteiger charge is 2.26. The monoisotopic (exact) mass is 289 g/mol. The van der Waals surface area contributed by atoms with Crippen molar-refractivity contribution in [1.82, 2.24) is 10.2 Å². The number of hydrogen-bond donors (Lipinski definition) is 2. The van der Waals surface area contributed by atoms with Crippen LogP contribution in [0.3, 0.4) is 0 Å². The summed E-state index contributed by atoms with van der Waals surface area (Å²) >= 11 is 5.30. The molecule has 0 bridgehead atoms. The number of amides is 2. The Bertz CT molecular complexity index is 526. The number of carbonyl (C=O) groups is 1. The molecule has 1 fully saturated rings. The number of nitrogens with zero attached hydrogens (tertiary/aromatic N) is 1. The second-order valence-corrected chi connectivity index (χ2v) is 5.84. The number of rotatable bonds is 1. The fourth-order valence-corrected chi connectivity index (χ4v) is 3.13. The largest absolute Gasteiger partial charge is 0.335 e. The Morgan fingerprint density at radius 3 is 2.80 bits per heavy atom. The van der Waals surface area contributed by atoms with Crippen LogP contribution in [0.1, 0.15) is 37.7 Å². The molecule has 1 aliphatic heterocycles. The third-order valence-electron chi connectivity index (χ3n) is 4.01. The minimum atomic E-state index is -0.0797. The van der Waals surface area contributed by atoms with Crippen molar-refractivity contribution in [2.24, 2.45) is 0 Å². The number of benzene rings is 1. The van der Waals surface area contributed by atoms with E-state index in [1.807, 2.05) is 24.3 Å². The van der Waals surface area contributed by atoms with Crippen molar-refractivity contribution in [2.45, 2.75) is 44.7 Å². The molecule has 1 aromatic rings. The van der Waals surface area contributed by atoms with E-state index < -0.39 is 0 Å². The zero-order valence-electron chi connectivity index (χ0n) is 11.4. The van der Waals surface area contributed by atoms with E-state index in [4.69, 9.17) is 12.2 Å². The molecule has 0 aromatic heterocycles. The molecule has 0 saturated heterocycles. The fraction of sp³-hybridized carbons (Fsp3) is 0.467. The van der Waals surface area contributed by atoms with Crippen LogP contribution in [0.4, 0.5) is 10.5 Å². The van der Waals surface area contributed by atoms with Gasteiger partial charge in [-0.05, 0) is 36.7 Å². The quantitative estimate of drug-likeness (QED) is 0.780. The van der Waals surface area contributed by atoms with Gasteiger partial charge in [-0.2, -0.15) is 0 Å². The summed E-state index contributed by atoms with van der Waals surface area (Å²) < 4.78 is 0. The second kappa shape index (κ2) is 5.79. The number of hydrogen-bond acceptors (Lipinski definition) is 2. The number of carbonyl (C=O) groups excluding carboxylic acids is 1. The molecular weight excluding hydrogens is 270 g/mol. The van der Waals surface area contributed by atoms with E-state index in [2.05, 4.69) is 10.6 Å². The SMILES string of the molecule is O=C(NC1CCCCC1)N1Cc2ccccc2NC1=S. The molecule has 0 radical (unpaired) electrons. The van der Waals surface area contributed by atoms with Crippen LogP contribution in [0, 0.1) is 0 Å². The van der Waals surface area contributed by atoms with Crippen LogP contribution >= 0.6 is 12.2 Å². The smallest absolute Gasteiger partial charge is 0.324 e. The standard InChI is InChI=1S/C15H19N3OS/c19-14(16-12-7-2-1-3-8-12)18-10-11-6-4-5-9-13(11)17-15(18)20/h4-6,9,12H,1-3,7-8,10H2,(H,16,19)(H,17,20). The molecule has 5 heteroatoms. The molecule has 0 unspecified atom stereocenters. The zero-order chi connectivity index (χ0) is 13.9. The Hall–Kier alpha value is -1.62. The summed E-state index contributed by atoms with van der Waals surface area (Å²) in [5.74, 6) is 0. The molecule has 0 spiro atoms. The van der Waals surface area contributed by atoms with Gasteiger partial charge in [-0.15, -0.1) is 0 Å². The number of thiocarbonyl (C=S) groups is 1. The van der Waals surface area contributed by atoms with Crippen LogP contribution in [0.15, 0.2) is 24.3 Å². The average molecular weight is 289 g/mol. The average Bonchev–Trinajstić information content (AvgIpc) is 2.47. The highest BCUT2D eigenvalue weighted by molar-refractivity contribution is 7.80. The first-order valence-electron chi connectivity index (χ1n) is 7.21. The summed E-state index contributed by atoms with van der Waals surface area (Å²) in [6.45, 7) is 0.542. The maximum Gasteiger partial charge on any atom is 0.324 e. The van der Waals surface area contributed by atoms with Gasteiger partial charge < -0.3 is 10.6 Å². The van der Waals surface area contributed by atoms with Crippen LogP contribution in [0.25, 0.3) is 0 Å². The minimum Gasteiger partial charge on any atom is -0.335 e. The van der Waals surface area contributed by atoms with Gasteiger partial charge in [-0.3, -0.25) is 4.90 Å². The van der Waals surface area contributed by atoms with Gasteiger partial charge in [0.25, 0.3) is 0 Å². The van der Waals surface area contributed by atoms with Gasteiger partial charge in [0.05, 0.1) is 6.54 Å². The van der Waals surface area contributed by atoms with Gasteiger partial charge in [0.2, 0.25) is 0 Å². The maximum atomic E-state index is 12.4. The van der Waals surface area contributed by atoms with Gasteiger partial charge in [0, 0.05) is 11.7 Å². The van der Waals surface area contributed by atoms with E-state index in [0.717, 1.165) is 24.1 Å². The molecule has 2 amide bonds. The third kappa shape index (κ3) is 2.77. The molecule has 106 valence electrons. The van der Waals surface area contributed by atoms with Crippen LogP contribution in [-0.2, 0) is 6.54 Å². The summed E-state index contributed by atoms with van der Waals surface area (Å²) in [6.07, 6.45) is 5.85. The van der Waals surface area contributed by atoms with Crippen LogP contribution < -0.4 is 10.6 Å². The number of urea groups is 1. The van der Waals surface area contributed by atoms with Crippen LogP contribution in [0.5, 0.6) is 0 Å². The van der Waals surface area contributed by atoms with Crippen molar-refractivity contribution in [3.05, 3.63) is 29.8 Å². The van der Waals surface area contributed by atoms with E-state index in [-0.39, 0.29) is 6.03 Å². The maximum absolute atomic E-state index is 12.4. The van der Waals surface area contributed by atoms with E-state index in [9.17, 15) is 4.79 Å². The van der Waals surface area contributed by atoms with Crippen molar-refractivity contribution in [2.75, 3.05) is 5.32 Å². The Morgan fingerprint density at radius 1 is 1.25 bits per heavy atom. The molecule has 0 atom stereocenters. The molecule has 1 aliphatic carbocycles. The molecule has 3 rings (SSSR count). The summed E-state index contributed by atoms with van der Waals surface area (Å²) in [5, 5.41) is 6.72. The molecule has 1 saturated carbocycles. The first-order chi connectivity index (χ1) is 9.74. The lowest BCUT2D eigenvalue weighted by atomic mass is 9.96. The molecule has 1 aromatic carbocycles. The number of para-hydroxylation sites is 1. The molecule has 4 nitrogen and oxygen atoms in total. The fourth-order valence-electron chi connectivity index (χ4n) is 2.87. The predicted molar refractivity (Wildman–Crippen MR) is 83.6 cm³/mol. The van der Waals surface area contributed by atoms with Crippen molar-refractivity contribution in [3.8, 4) is 0 Å². The normalized spacial score (nSPS) is 19.2. The Kier molecular flexibility index (Phi) is 3.87. The summed E-state index contributed by atoms with van der Waals surface area (Å²) in [6, 6.07) is 8.17. The zero-order valence-corrected chi connectivity index (χ0v) is 12.2. The highest BCUT2D eigenvalue weighted by atomic mass is 32.1. The first kappa shape index (κ1) is 13.4. The summed E-state index contributed by atoms with van der Waals surface area (Å²) in [4.78, 5) is 14.0. The van der Waals surface area contributed by atoms with E-state index in [1.165, 1.54) is 19.3 Å². The lowest BCUT2D eigenvalue weighted by Crippen LogP contribution is -2.50. The number of anilines is 1. The molecule has 20 heavy (non-hydrogen) atoms. The topological polar surface area (TPSA) is 44.4 Å². The summed E-state index contributed by atoms with van der Waals surface area (Å²) in [7, 11) is 0. The number of fused-ring (bicyclic) bond motifs is 1. The van der Waals surface area contributed by atoms with Crippen molar-refractivity contribution >= 4 is 29.0 Å². The van der Waals surface area contributed by atoms with Gasteiger partial charge in [0.1, 0.15) is 0 Å². The van der Waals surface area contributed by atoms with Crippen molar-refractivity contribution in [1.29, 1.82) is 0 Å². The van der Waals surface area contributed by atoms with Gasteiger partial charge in [-0.25, -0.2) is 4.79 Å². The second-order valence-electron chi connectivity index (χ2n) is 5.46. The summed E-state index contributed by atoms with van der Waals surface area (Å²) in [5.41, 5.74) is 2.10. The van der Waals surface area contributed by atoms with Gasteiger partial charge >= 0.3 is 6.03 Å². The lowest BCUT2D eigenvalue weighted by Gasteiger charge is -2.32. The Morgan fingerprint density at radius 2 is 2.00 bits per heavy atom. The lowest BCUT2D eigenvalue weighted by molar-refractivity contribution is 0.211. The Labute approximate surface area is 124 Å². The van der Waals surface area contributed by atoms with E-state index >= 15 is 0 Å². The molecule has 1 heterocycles. The minimum absolute atomic E-state index is 0.0797. The first-order valence-corrected chi connectivity index (χ1v) is 7.62. The van der Waals surface area contributed by atoms with Gasteiger partial charge in [-0.1, -0.05) is 37.5 Å². The third-order valence-corrected chi connectivity index (χ3v) is 4.33. The van der Waals surface area contributed by atoms with Crippen molar-refractivity contribution < 1.29 is 4.79 Å². The highest BCUT2D eigenvalue weighted by Crippen LogP contribution is 2.23. The van der Waals surface area contributed by atoms with Crippen LogP contribution in [0.2, 0.25) is 0 Å². The number of nitrogens with one attached hydrogen (secondary N) is 2. The predicted octanol–water partition coefficient (Wildman–Crippen LogP) is 3.24. The van der Waals surface area contributed by atoms with Gasteiger partial charge in [0.15, 0.2) is 5.11 Å². The molecule has 2 N–H and O–H groups in total.